The summed E-state index contributed by atoms with van der Waals surface area (Å²) in [7, 11) is 0. The third-order valence-corrected chi connectivity index (χ3v) is 3.51. The highest BCUT2D eigenvalue weighted by molar-refractivity contribution is 5.94. The van der Waals surface area contributed by atoms with Crippen molar-refractivity contribution in [1.29, 1.82) is 0 Å². The van der Waals surface area contributed by atoms with E-state index < -0.39 is 5.97 Å². The Morgan fingerprint density at radius 1 is 1.37 bits per heavy atom. The fourth-order valence-corrected chi connectivity index (χ4v) is 2.43. The van der Waals surface area contributed by atoms with E-state index in [9.17, 15) is 9.59 Å². The van der Waals surface area contributed by atoms with Gasteiger partial charge in [0.1, 0.15) is 0 Å². The topological polar surface area (TPSA) is 69.6 Å². The first-order valence-electron chi connectivity index (χ1n) is 6.41. The molecule has 5 nitrogen and oxygen atoms in total. The molecule has 1 aromatic carbocycles. The monoisotopic (exact) mass is 262 g/mol. The smallest absolute Gasteiger partial charge is 0.305 e. The summed E-state index contributed by atoms with van der Waals surface area (Å²) in [4.78, 5) is 25.0. The normalized spacial score (nSPS) is 23.1. The van der Waals surface area contributed by atoms with Crippen LogP contribution in [0.2, 0.25) is 0 Å². The Hall–Kier alpha value is -1.88. The quantitative estimate of drug-likeness (QED) is 0.851. The van der Waals surface area contributed by atoms with Crippen molar-refractivity contribution in [2.75, 3.05) is 13.1 Å². The van der Waals surface area contributed by atoms with E-state index in [0.29, 0.717) is 18.7 Å². The molecule has 2 atom stereocenters. The number of nitrogens with zero attached hydrogens (tertiary/aromatic N) is 1. The van der Waals surface area contributed by atoms with Gasteiger partial charge in [0, 0.05) is 30.7 Å². The molecule has 0 unspecified atom stereocenters. The van der Waals surface area contributed by atoms with Gasteiger partial charge in [-0.1, -0.05) is 18.2 Å². The van der Waals surface area contributed by atoms with Crippen molar-refractivity contribution in [2.24, 2.45) is 0 Å². The first-order valence-corrected chi connectivity index (χ1v) is 6.41. The van der Waals surface area contributed by atoms with Gasteiger partial charge in [0.05, 0.1) is 6.42 Å². The Morgan fingerprint density at radius 2 is 2.05 bits per heavy atom. The maximum Gasteiger partial charge on any atom is 0.305 e. The second-order valence-corrected chi connectivity index (χ2v) is 4.76. The number of rotatable bonds is 3. The molecule has 1 fully saturated rings. The minimum Gasteiger partial charge on any atom is -0.481 e. The lowest BCUT2D eigenvalue weighted by Crippen LogP contribution is -2.58. The number of nitrogens with one attached hydrogen (secondary N) is 1. The number of carboxylic acid groups (broad SMARTS) is 1. The van der Waals surface area contributed by atoms with Gasteiger partial charge in [0.2, 0.25) is 0 Å². The molecule has 1 aliphatic heterocycles. The number of benzene rings is 1. The summed E-state index contributed by atoms with van der Waals surface area (Å²) in [6.45, 7) is 3.12. The zero-order chi connectivity index (χ0) is 13.8. The van der Waals surface area contributed by atoms with E-state index in [0.717, 1.165) is 0 Å². The minimum absolute atomic E-state index is 0.0275. The SMILES string of the molecule is C[C@@H]1[C@H](CC(=O)O)NCCN1C(=O)c1ccccc1. The molecule has 5 heteroatoms. The van der Waals surface area contributed by atoms with Crippen molar-refractivity contribution in [2.45, 2.75) is 25.4 Å². The molecule has 0 saturated carbocycles. The molecule has 0 aliphatic carbocycles. The number of aliphatic carboxylic acids is 1. The van der Waals surface area contributed by atoms with Gasteiger partial charge < -0.3 is 15.3 Å². The largest absolute Gasteiger partial charge is 0.481 e. The number of hydrogen-bond acceptors (Lipinski definition) is 3. The molecule has 1 aromatic rings. The molecule has 0 radical (unpaired) electrons. The van der Waals surface area contributed by atoms with E-state index in [2.05, 4.69) is 5.32 Å². The van der Waals surface area contributed by atoms with Gasteiger partial charge in [-0.15, -0.1) is 0 Å². The molecule has 19 heavy (non-hydrogen) atoms. The summed E-state index contributed by atoms with van der Waals surface area (Å²) in [5.74, 6) is -0.886. The van der Waals surface area contributed by atoms with Crippen LogP contribution in [0.5, 0.6) is 0 Å². The first-order chi connectivity index (χ1) is 9.09. The predicted octanol–water partition coefficient (Wildman–Crippen LogP) is 0.964. The van der Waals surface area contributed by atoms with Gasteiger partial charge in [0.25, 0.3) is 5.91 Å². The van der Waals surface area contributed by atoms with Crippen LogP contribution in [-0.2, 0) is 4.79 Å². The van der Waals surface area contributed by atoms with Crippen LogP contribution in [0.25, 0.3) is 0 Å². The Morgan fingerprint density at radius 3 is 2.68 bits per heavy atom. The molecular formula is C14H18N2O3. The molecule has 1 aliphatic rings. The van der Waals surface area contributed by atoms with E-state index in [1.165, 1.54) is 0 Å². The minimum atomic E-state index is -0.849. The van der Waals surface area contributed by atoms with E-state index >= 15 is 0 Å². The molecule has 1 amide bonds. The van der Waals surface area contributed by atoms with Crippen molar-refractivity contribution in [3.63, 3.8) is 0 Å². The average Bonchev–Trinajstić information content (AvgIpc) is 2.41. The fourth-order valence-electron chi connectivity index (χ4n) is 2.43. The molecule has 1 saturated heterocycles. The second kappa shape index (κ2) is 5.84. The van der Waals surface area contributed by atoms with Crippen LogP contribution in [0.4, 0.5) is 0 Å². The number of carbonyl (C=O) groups is 2. The molecule has 102 valence electrons. The number of hydrogen-bond donors (Lipinski definition) is 2. The Bertz CT molecular complexity index is 461. The molecule has 0 bridgehead atoms. The summed E-state index contributed by atoms with van der Waals surface area (Å²) < 4.78 is 0. The molecule has 0 aromatic heterocycles. The number of amides is 1. The van der Waals surface area contributed by atoms with Crippen molar-refractivity contribution in [1.82, 2.24) is 10.2 Å². The van der Waals surface area contributed by atoms with Crippen LogP contribution in [0.3, 0.4) is 0 Å². The zero-order valence-electron chi connectivity index (χ0n) is 10.9. The highest BCUT2D eigenvalue weighted by atomic mass is 16.4. The third-order valence-electron chi connectivity index (χ3n) is 3.51. The van der Waals surface area contributed by atoms with Crippen LogP contribution >= 0.6 is 0 Å². The molecular weight excluding hydrogens is 244 g/mol. The van der Waals surface area contributed by atoms with Crippen LogP contribution in [0.1, 0.15) is 23.7 Å². The van der Waals surface area contributed by atoms with Crippen LogP contribution in [0.15, 0.2) is 30.3 Å². The van der Waals surface area contributed by atoms with E-state index in [1.54, 1.807) is 17.0 Å². The number of piperazine rings is 1. The lowest BCUT2D eigenvalue weighted by molar-refractivity contribution is -0.138. The van der Waals surface area contributed by atoms with Crippen LogP contribution in [-0.4, -0.2) is 47.1 Å². The highest BCUT2D eigenvalue weighted by Crippen LogP contribution is 2.15. The summed E-state index contributed by atoms with van der Waals surface area (Å²) in [6.07, 6.45) is 0.0275. The van der Waals surface area contributed by atoms with Crippen LogP contribution < -0.4 is 5.32 Å². The lowest BCUT2D eigenvalue weighted by atomic mass is 10.0. The maximum absolute atomic E-state index is 12.4. The van der Waals surface area contributed by atoms with Gasteiger partial charge in [-0.05, 0) is 19.1 Å². The summed E-state index contributed by atoms with van der Waals surface area (Å²) in [5, 5.41) is 12.0. The number of carboxylic acids is 1. The van der Waals surface area contributed by atoms with Gasteiger partial charge in [-0.3, -0.25) is 9.59 Å². The van der Waals surface area contributed by atoms with Crippen molar-refractivity contribution in [3.05, 3.63) is 35.9 Å². The highest BCUT2D eigenvalue weighted by Gasteiger charge is 2.32. The fraction of sp³-hybridized carbons (Fsp3) is 0.429. The Balaban J connectivity index is 2.11. The van der Waals surface area contributed by atoms with Gasteiger partial charge >= 0.3 is 5.97 Å². The first kappa shape index (κ1) is 13.5. The summed E-state index contributed by atoms with van der Waals surface area (Å²) in [5.41, 5.74) is 0.644. The van der Waals surface area contributed by atoms with Gasteiger partial charge in [0.15, 0.2) is 0 Å². The zero-order valence-corrected chi connectivity index (χ0v) is 10.9. The molecule has 2 rings (SSSR count). The van der Waals surface area contributed by atoms with E-state index in [1.807, 2.05) is 25.1 Å². The predicted molar refractivity (Wildman–Crippen MR) is 71.0 cm³/mol. The second-order valence-electron chi connectivity index (χ2n) is 4.76. The Labute approximate surface area is 112 Å². The Kier molecular flexibility index (Phi) is 4.16. The van der Waals surface area contributed by atoms with Crippen molar-refractivity contribution in [3.8, 4) is 0 Å². The molecule has 0 spiro atoms. The van der Waals surface area contributed by atoms with Gasteiger partial charge in [-0.2, -0.15) is 0 Å². The molecule has 1 heterocycles. The molecule has 2 N–H and O–H groups in total. The summed E-state index contributed by atoms with van der Waals surface area (Å²) >= 11 is 0. The lowest BCUT2D eigenvalue weighted by Gasteiger charge is -2.39. The third kappa shape index (κ3) is 3.12. The summed E-state index contributed by atoms with van der Waals surface area (Å²) in [6, 6.07) is 8.76. The van der Waals surface area contributed by atoms with Crippen molar-refractivity contribution < 1.29 is 14.7 Å². The van der Waals surface area contributed by atoms with E-state index in [4.69, 9.17) is 5.11 Å². The standard InChI is InChI=1S/C14H18N2O3/c1-10-12(9-13(17)18)15-7-8-16(10)14(19)11-5-3-2-4-6-11/h2-6,10,12,15H,7-9H2,1H3,(H,17,18)/t10-,12+/m1/s1. The van der Waals surface area contributed by atoms with Crippen molar-refractivity contribution >= 4 is 11.9 Å². The average molecular weight is 262 g/mol. The van der Waals surface area contributed by atoms with Gasteiger partial charge in [-0.25, -0.2) is 0 Å². The van der Waals surface area contributed by atoms with E-state index in [-0.39, 0.29) is 24.4 Å². The maximum atomic E-state index is 12.4. The van der Waals surface area contributed by atoms with Crippen LogP contribution in [0, 0.1) is 0 Å². The number of carbonyl (C=O) groups excluding carboxylic acids is 1.